The molecule has 0 saturated heterocycles. The predicted molar refractivity (Wildman–Crippen MR) is 78.3 cm³/mol. The van der Waals surface area contributed by atoms with E-state index < -0.39 is 5.82 Å². The van der Waals surface area contributed by atoms with Gasteiger partial charge in [0.2, 0.25) is 0 Å². The summed E-state index contributed by atoms with van der Waals surface area (Å²) in [5, 5.41) is 0. The molecule has 0 spiro atoms. The van der Waals surface area contributed by atoms with E-state index in [1.807, 2.05) is 31.2 Å². The van der Waals surface area contributed by atoms with Crippen molar-refractivity contribution in [1.29, 1.82) is 0 Å². The van der Waals surface area contributed by atoms with Gasteiger partial charge in [-0.3, -0.25) is 4.79 Å². The van der Waals surface area contributed by atoms with E-state index in [1.54, 1.807) is 12.1 Å². The molecule has 1 amide bonds. The van der Waals surface area contributed by atoms with Crippen LogP contribution in [0.4, 0.5) is 10.1 Å². The molecular weight excluding hydrogens is 255 g/mol. The number of hydrogen-bond donors (Lipinski definition) is 1. The fourth-order valence-electron chi connectivity index (χ4n) is 2.05. The Hall–Kier alpha value is -2.20. The first-order valence-corrected chi connectivity index (χ1v) is 6.46. The molecule has 0 bridgehead atoms. The van der Waals surface area contributed by atoms with Gasteiger partial charge in [-0.25, -0.2) is 4.39 Å². The SMILES string of the molecule is Cc1cccc(N(CCN)C(=O)c2ccccc2F)c1. The Labute approximate surface area is 117 Å². The molecule has 4 heteroatoms. The van der Waals surface area contributed by atoms with E-state index in [0.29, 0.717) is 13.1 Å². The zero-order valence-electron chi connectivity index (χ0n) is 11.3. The lowest BCUT2D eigenvalue weighted by atomic mass is 10.1. The number of carbonyl (C=O) groups excluding carboxylic acids is 1. The minimum atomic E-state index is -0.521. The van der Waals surface area contributed by atoms with E-state index >= 15 is 0 Å². The molecule has 3 nitrogen and oxygen atoms in total. The highest BCUT2D eigenvalue weighted by molar-refractivity contribution is 6.06. The number of amides is 1. The van der Waals surface area contributed by atoms with Crippen LogP contribution in [0.1, 0.15) is 15.9 Å². The normalized spacial score (nSPS) is 10.3. The number of rotatable bonds is 4. The number of halogens is 1. The Kier molecular flexibility index (Phi) is 4.48. The van der Waals surface area contributed by atoms with Crippen LogP contribution in [-0.4, -0.2) is 19.0 Å². The molecule has 0 heterocycles. The Bertz CT molecular complexity index is 613. The summed E-state index contributed by atoms with van der Waals surface area (Å²) in [7, 11) is 0. The number of carbonyl (C=O) groups is 1. The summed E-state index contributed by atoms with van der Waals surface area (Å²) in [5.41, 5.74) is 7.39. The molecule has 0 fully saturated rings. The third-order valence-electron chi connectivity index (χ3n) is 3.02. The van der Waals surface area contributed by atoms with Gasteiger partial charge in [0.15, 0.2) is 0 Å². The maximum absolute atomic E-state index is 13.8. The minimum Gasteiger partial charge on any atom is -0.329 e. The highest BCUT2D eigenvalue weighted by Crippen LogP contribution is 2.19. The second-order valence-electron chi connectivity index (χ2n) is 4.56. The lowest BCUT2D eigenvalue weighted by molar-refractivity contribution is 0.0983. The first kappa shape index (κ1) is 14.2. The standard InChI is InChI=1S/C16H17FN2O/c1-12-5-4-6-13(11-12)19(10-9-18)16(20)14-7-2-3-8-15(14)17/h2-8,11H,9-10,18H2,1H3. The molecule has 0 radical (unpaired) electrons. The van der Waals surface area contributed by atoms with Crippen LogP contribution in [0.15, 0.2) is 48.5 Å². The van der Waals surface area contributed by atoms with Crippen LogP contribution in [-0.2, 0) is 0 Å². The summed E-state index contributed by atoms with van der Waals surface area (Å²) in [5.74, 6) is -0.897. The molecule has 0 aliphatic carbocycles. The van der Waals surface area contributed by atoms with Crippen molar-refractivity contribution in [3.63, 3.8) is 0 Å². The number of benzene rings is 2. The lowest BCUT2D eigenvalue weighted by Gasteiger charge is -2.23. The molecule has 0 aromatic heterocycles. The van der Waals surface area contributed by atoms with Crippen LogP contribution in [0.2, 0.25) is 0 Å². The van der Waals surface area contributed by atoms with Gasteiger partial charge < -0.3 is 10.6 Å². The first-order valence-electron chi connectivity index (χ1n) is 6.46. The summed E-state index contributed by atoms with van der Waals surface area (Å²) >= 11 is 0. The van der Waals surface area contributed by atoms with Gasteiger partial charge in [-0.15, -0.1) is 0 Å². The molecule has 0 aliphatic rings. The van der Waals surface area contributed by atoms with Gasteiger partial charge in [0.25, 0.3) is 5.91 Å². The van der Waals surface area contributed by atoms with Crippen LogP contribution in [0.25, 0.3) is 0 Å². The van der Waals surface area contributed by atoms with Crippen molar-refractivity contribution in [1.82, 2.24) is 0 Å². The molecule has 0 aliphatic heterocycles. The van der Waals surface area contributed by atoms with Crippen molar-refractivity contribution in [3.05, 3.63) is 65.5 Å². The molecule has 2 rings (SSSR count). The van der Waals surface area contributed by atoms with Crippen molar-refractivity contribution in [3.8, 4) is 0 Å². The van der Waals surface area contributed by atoms with Gasteiger partial charge in [0.05, 0.1) is 5.56 Å². The molecule has 0 saturated carbocycles. The summed E-state index contributed by atoms with van der Waals surface area (Å²) in [4.78, 5) is 14.0. The van der Waals surface area contributed by atoms with Crippen molar-refractivity contribution in [2.45, 2.75) is 6.92 Å². The van der Waals surface area contributed by atoms with Crippen molar-refractivity contribution >= 4 is 11.6 Å². The fourth-order valence-corrected chi connectivity index (χ4v) is 2.05. The second kappa shape index (κ2) is 6.30. The molecule has 2 aromatic rings. The Morgan fingerprint density at radius 2 is 1.95 bits per heavy atom. The summed E-state index contributed by atoms with van der Waals surface area (Å²) < 4.78 is 13.8. The highest BCUT2D eigenvalue weighted by Gasteiger charge is 2.19. The van der Waals surface area contributed by atoms with Crippen molar-refractivity contribution < 1.29 is 9.18 Å². The van der Waals surface area contributed by atoms with E-state index in [4.69, 9.17) is 5.73 Å². The lowest BCUT2D eigenvalue weighted by Crippen LogP contribution is -2.36. The van der Waals surface area contributed by atoms with Gasteiger partial charge >= 0.3 is 0 Å². The largest absolute Gasteiger partial charge is 0.329 e. The summed E-state index contributed by atoms with van der Waals surface area (Å²) in [6.07, 6.45) is 0. The molecule has 0 atom stereocenters. The Morgan fingerprint density at radius 3 is 2.60 bits per heavy atom. The molecular formula is C16H17FN2O. The van der Waals surface area contributed by atoms with Crippen molar-refractivity contribution in [2.75, 3.05) is 18.0 Å². The summed E-state index contributed by atoms with van der Waals surface area (Å²) in [6.45, 7) is 2.60. The average Bonchev–Trinajstić information content (AvgIpc) is 2.44. The second-order valence-corrected chi connectivity index (χ2v) is 4.56. The Morgan fingerprint density at radius 1 is 1.20 bits per heavy atom. The molecule has 0 unspecified atom stereocenters. The van der Waals surface area contributed by atoms with E-state index in [-0.39, 0.29) is 11.5 Å². The topological polar surface area (TPSA) is 46.3 Å². The molecule has 2 aromatic carbocycles. The van der Waals surface area contributed by atoms with Gasteiger partial charge in [-0.05, 0) is 36.8 Å². The average molecular weight is 272 g/mol. The third kappa shape index (κ3) is 3.03. The van der Waals surface area contributed by atoms with E-state index in [0.717, 1.165) is 11.3 Å². The maximum Gasteiger partial charge on any atom is 0.261 e. The van der Waals surface area contributed by atoms with Gasteiger partial charge in [0.1, 0.15) is 5.82 Å². The van der Waals surface area contributed by atoms with E-state index in [1.165, 1.54) is 17.0 Å². The fraction of sp³-hybridized carbons (Fsp3) is 0.188. The quantitative estimate of drug-likeness (QED) is 0.930. The highest BCUT2D eigenvalue weighted by atomic mass is 19.1. The number of aryl methyl sites for hydroxylation is 1. The molecule has 2 N–H and O–H groups in total. The van der Waals surface area contributed by atoms with Crippen LogP contribution >= 0.6 is 0 Å². The molecule has 104 valence electrons. The zero-order valence-corrected chi connectivity index (χ0v) is 11.3. The van der Waals surface area contributed by atoms with E-state index in [2.05, 4.69) is 0 Å². The van der Waals surface area contributed by atoms with Crippen LogP contribution in [0, 0.1) is 12.7 Å². The smallest absolute Gasteiger partial charge is 0.261 e. The minimum absolute atomic E-state index is 0.0578. The van der Waals surface area contributed by atoms with Gasteiger partial charge in [-0.2, -0.15) is 0 Å². The Balaban J connectivity index is 2.39. The van der Waals surface area contributed by atoms with E-state index in [9.17, 15) is 9.18 Å². The van der Waals surface area contributed by atoms with Gasteiger partial charge in [0, 0.05) is 18.8 Å². The monoisotopic (exact) mass is 272 g/mol. The van der Waals surface area contributed by atoms with Crippen LogP contribution < -0.4 is 10.6 Å². The van der Waals surface area contributed by atoms with Gasteiger partial charge in [-0.1, -0.05) is 24.3 Å². The zero-order chi connectivity index (χ0) is 14.5. The summed E-state index contributed by atoms with van der Waals surface area (Å²) in [6, 6.07) is 13.5. The molecule has 20 heavy (non-hydrogen) atoms. The van der Waals surface area contributed by atoms with Crippen LogP contribution in [0.3, 0.4) is 0 Å². The number of anilines is 1. The maximum atomic E-state index is 13.8. The number of nitrogens with two attached hydrogens (primary N) is 1. The van der Waals surface area contributed by atoms with Crippen LogP contribution in [0.5, 0.6) is 0 Å². The predicted octanol–water partition coefficient (Wildman–Crippen LogP) is 2.74. The number of hydrogen-bond acceptors (Lipinski definition) is 2. The first-order chi connectivity index (χ1) is 9.63. The third-order valence-corrected chi connectivity index (χ3v) is 3.02. The van der Waals surface area contributed by atoms with Crippen molar-refractivity contribution in [2.24, 2.45) is 5.73 Å². The number of nitrogens with zero attached hydrogens (tertiary/aromatic N) is 1.